The smallest absolute Gasteiger partial charge is 0.542 e. The van der Waals surface area contributed by atoms with Gasteiger partial charge in [-0.3, -0.25) is 28.8 Å². The molecule has 1 radical (unpaired) electrons. The zero-order valence-corrected chi connectivity index (χ0v) is 30.1. The van der Waals surface area contributed by atoms with Crippen molar-refractivity contribution in [2.45, 2.75) is 77.4 Å². The van der Waals surface area contributed by atoms with Gasteiger partial charge >= 0.3 is 19.5 Å². The van der Waals surface area contributed by atoms with Crippen LogP contribution in [0.25, 0.3) is 0 Å². The number of rotatable bonds is 24. The normalized spacial score (nSPS) is 11.9. The number of thioether (sulfide) groups is 3. The van der Waals surface area contributed by atoms with Gasteiger partial charge in [-0.15, -0.1) is 0 Å². The van der Waals surface area contributed by atoms with Gasteiger partial charge in [-0.25, -0.2) is 0 Å². The third kappa shape index (κ3) is 29.4. The summed E-state index contributed by atoms with van der Waals surface area (Å²) in [7, 11) is 0. The second kappa shape index (κ2) is 31.6. The predicted octanol–water partition coefficient (Wildman–Crippen LogP) is -3.80. The van der Waals surface area contributed by atoms with E-state index in [1.54, 1.807) is 35.3 Å². The fourth-order valence-electron chi connectivity index (χ4n) is 2.63. The SMILES string of the molecule is CCSCC[C@H](N)C(=O)CC(=O)C(=O)[O-].CCSCC[C@H](N)C(=O)CC(=O)C(=O)[O-].CCSCC[C@H](N)C(=O)CC(=O)C(=O)[O-].[Ru+3]. The van der Waals surface area contributed by atoms with Crippen LogP contribution in [-0.2, 0) is 62.6 Å². The van der Waals surface area contributed by atoms with E-state index >= 15 is 0 Å². The van der Waals surface area contributed by atoms with Gasteiger partial charge in [0, 0.05) is 0 Å². The van der Waals surface area contributed by atoms with E-state index in [-0.39, 0.29) is 19.5 Å². The van der Waals surface area contributed by atoms with E-state index < -0.39 is 90.0 Å². The number of carboxylic acid groups (broad SMARTS) is 3. The number of Topliss-reactive ketones (excluding diaryl/α,β-unsaturated/α-hetero) is 6. The number of carbonyl (C=O) groups excluding carboxylic acids is 9. The Bertz CT molecular complexity index is 894. The van der Waals surface area contributed by atoms with E-state index in [4.69, 9.17) is 17.2 Å². The van der Waals surface area contributed by atoms with Crippen LogP contribution in [0.1, 0.15) is 59.3 Å². The average Bonchev–Trinajstić information content (AvgIpc) is 2.97. The summed E-state index contributed by atoms with van der Waals surface area (Å²) >= 11 is 4.90. The molecule has 0 spiro atoms. The maximum Gasteiger partial charge on any atom is 3.00 e. The monoisotopic (exact) mass is 798 g/mol. The Morgan fingerprint density at radius 2 is 0.674 bits per heavy atom. The molecule has 3 atom stereocenters. The van der Waals surface area contributed by atoms with Gasteiger partial charge in [0.05, 0.1) is 37.4 Å². The molecular formula is C27H42N3O12RuS3. The molecule has 19 heteroatoms. The molecule has 0 aliphatic rings. The van der Waals surface area contributed by atoms with Crippen LogP contribution in [0.15, 0.2) is 0 Å². The molecule has 0 aromatic rings. The molecular weight excluding hydrogens is 756 g/mol. The number of nitrogens with two attached hydrogens (primary N) is 3. The van der Waals surface area contributed by atoms with Gasteiger partial charge in [-0.05, 0) is 53.8 Å². The van der Waals surface area contributed by atoms with Crippen molar-refractivity contribution in [1.29, 1.82) is 0 Å². The minimum atomic E-state index is -1.83. The first-order valence-electron chi connectivity index (χ1n) is 13.8. The van der Waals surface area contributed by atoms with Crippen molar-refractivity contribution in [3.8, 4) is 0 Å². The van der Waals surface area contributed by atoms with E-state index in [1.165, 1.54) is 0 Å². The molecule has 0 amide bonds. The minimum Gasteiger partial charge on any atom is -0.542 e. The molecule has 0 fully saturated rings. The number of hydrogen-bond donors (Lipinski definition) is 3. The molecule has 0 saturated heterocycles. The Morgan fingerprint density at radius 1 is 0.478 bits per heavy atom. The largest absolute Gasteiger partial charge is 3.00 e. The molecule has 6 N–H and O–H groups in total. The van der Waals surface area contributed by atoms with Gasteiger partial charge in [0.2, 0.25) is 0 Å². The van der Waals surface area contributed by atoms with Crippen molar-refractivity contribution in [2.24, 2.45) is 17.2 Å². The second-order valence-corrected chi connectivity index (χ2v) is 13.0. The van der Waals surface area contributed by atoms with Crippen LogP contribution in [0.4, 0.5) is 0 Å². The number of carbonyl (C=O) groups is 9. The standard InChI is InChI=1S/3C9H15NO4S.Ru/c3*1-2-15-4-3-6(10)7(11)5-8(12)9(13)14;/h3*6H,2-5,10H2,1H3,(H,13,14);/q;;;+3/p-3/t3*6-;/m000./s1. The third-order valence-corrected chi connectivity index (χ3v) is 8.06. The summed E-state index contributed by atoms with van der Waals surface area (Å²) in [5.41, 5.74) is 16.4. The van der Waals surface area contributed by atoms with Gasteiger partial charge in [0.25, 0.3) is 0 Å². The molecule has 0 heterocycles. The van der Waals surface area contributed by atoms with Crippen LogP contribution in [0.2, 0.25) is 0 Å². The molecule has 263 valence electrons. The Hall–Kier alpha value is -2.02. The van der Waals surface area contributed by atoms with Crippen LogP contribution < -0.4 is 32.5 Å². The van der Waals surface area contributed by atoms with Gasteiger partial charge in [0.15, 0.2) is 34.7 Å². The average molecular weight is 798 g/mol. The van der Waals surface area contributed by atoms with E-state index in [9.17, 15) is 58.5 Å². The summed E-state index contributed by atoms with van der Waals surface area (Å²) in [5, 5.41) is 30.2. The van der Waals surface area contributed by atoms with Crippen LogP contribution in [-0.4, -0.2) is 105 Å². The maximum absolute atomic E-state index is 11.2. The van der Waals surface area contributed by atoms with Gasteiger partial charge in [0.1, 0.15) is 17.9 Å². The summed E-state index contributed by atoms with van der Waals surface area (Å²) in [6.07, 6.45) is -0.631. The van der Waals surface area contributed by atoms with Crippen molar-refractivity contribution < 1.29 is 77.9 Å². The maximum atomic E-state index is 11.2. The molecule has 0 bridgehead atoms. The van der Waals surface area contributed by atoms with Crippen LogP contribution in [0.5, 0.6) is 0 Å². The molecule has 0 aromatic heterocycles. The Kier molecular flexibility index (Phi) is 34.9. The summed E-state index contributed by atoms with van der Waals surface area (Å²) in [6, 6.07) is -2.27. The molecule has 15 nitrogen and oxygen atoms in total. The quantitative estimate of drug-likeness (QED) is 0.0365. The summed E-state index contributed by atoms with van der Waals surface area (Å²) in [5.74, 6) is -5.79. The van der Waals surface area contributed by atoms with Crippen molar-refractivity contribution in [3.63, 3.8) is 0 Å². The topological polar surface area (TPSA) is 301 Å². The Morgan fingerprint density at radius 3 is 0.826 bits per heavy atom. The predicted molar refractivity (Wildman–Crippen MR) is 166 cm³/mol. The van der Waals surface area contributed by atoms with Crippen LogP contribution in [0, 0.1) is 0 Å². The number of hydrogen-bond acceptors (Lipinski definition) is 18. The fraction of sp³-hybridized carbons (Fsp3) is 0.667. The number of carboxylic acids is 3. The van der Waals surface area contributed by atoms with Crippen LogP contribution >= 0.6 is 35.3 Å². The first-order chi connectivity index (χ1) is 21.0. The Labute approximate surface area is 293 Å². The van der Waals surface area contributed by atoms with E-state index in [2.05, 4.69) is 0 Å². The third-order valence-electron chi connectivity index (χ3n) is 5.26. The Balaban J connectivity index is -0.000000285. The second-order valence-electron chi connectivity index (χ2n) is 8.84. The number of ketones is 6. The van der Waals surface area contributed by atoms with Crippen LogP contribution in [0.3, 0.4) is 0 Å². The fourth-order valence-corrected chi connectivity index (χ4v) is 4.76. The zero-order chi connectivity index (χ0) is 35.5. The molecule has 0 aliphatic carbocycles. The van der Waals surface area contributed by atoms with Crippen molar-refractivity contribution >= 4 is 87.9 Å². The van der Waals surface area contributed by atoms with E-state index in [0.29, 0.717) is 19.3 Å². The molecule has 0 aliphatic heterocycles. The summed E-state index contributed by atoms with van der Waals surface area (Å²) in [6.45, 7) is 5.95. The summed E-state index contributed by atoms with van der Waals surface area (Å²) in [4.78, 5) is 95.7. The molecule has 0 unspecified atom stereocenters. The molecule has 0 saturated carbocycles. The van der Waals surface area contributed by atoms with Crippen molar-refractivity contribution in [3.05, 3.63) is 0 Å². The minimum absolute atomic E-state index is 0. The van der Waals surface area contributed by atoms with Crippen molar-refractivity contribution in [1.82, 2.24) is 0 Å². The van der Waals surface area contributed by atoms with Crippen molar-refractivity contribution in [2.75, 3.05) is 34.5 Å². The molecule has 46 heavy (non-hydrogen) atoms. The van der Waals surface area contributed by atoms with E-state index in [1.807, 2.05) is 20.8 Å². The van der Waals surface area contributed by atoms with Gasteiger partial charge < -0.3 is 46.9 Å². The first kappa shape index (κ1) is 50.8. The van der Waals surface area contributed by atoms with E-state index in [0.717, 1.165) is 34.5 Å². The summed E-state index contributed by atoms with van der Waals surface area (Å²) < 4.78 is 0. The van der Waals surface area contributed by atoms with Gasteiger partial charge in [-0.2, -0.15) is 35.3 Å². The molecule has 0 rings (SSSR count). The molecule has 0 aromatic carbocycles. The zero-order valence-electron chi connectivity index (χ0n) is 25.9. The number of aliphatic carboxylic acids is 3. The first-order valence-corrected chi connectivity index (χ1v) is 17.2. The van der Waals surface area contributed by atoms with Gasteiger partial charge in [-0.1, -0.05) is 20.8 Å².